The number of H-pyrrole nitrogens is 1. The van der Waals surface area contributed by atoms with E-state index in [1.807, 2.05) is 0 Å². The van der Waals surface area contributed by atoms with E-state index in [0.29, 0.717) is 5.69 Å². The fourth-order valence-corrected chi connectivity index (χ4v) is 3.12. The van der Waals surface area contributed by atoms with Crippen LogP contribution in [0, 0.1) is 11.6 Å². The number of aromatic amines is 1. The van der Waals surface area contributed by atoms with Crippen LogP contribution in [0.25, 0.3) is 0 Å². The van der Waals surface area contributed by atoms with Crippen LogP contribution < -0.4 is 21.5 Å². The van der Waals surface area contributed by atoms with Gasteiger partial charge in [-0.25, -0.2) is 8.78 Å². The van der Waals surface area contributed by atoms with E-state index in [9.17, 15) is 23.2 Å². The van der Waals surface area contributed by atoms with E-state index in [2.05, 4.69) is 25.9 Å². The van der Waals surface area contributed by atoms with Gasteiger partial charge in [0.2, 0.25) is 17.8 Å². The van der Waals surface area contributed by atoms with Gasteiger partial charge in [-0.3, -0.25) is 19.4 Å². The number of anilines is 4. The number of nitrogens with zero attached hydrogens (tertiary/aromatic N) is 1. The average molecular weight is 411 g/mol. The highest BCUT2D eigenvalue weighted by Gasteiger charge is 2.34. The summed E-state index contributed by atoms with van der Waals surface area (Å²) in [6, 6.07) is 10.6. The summed E-state index contributed by atoms with van der Waals surface area (Å²) in [5.41, 5.74) is 0.0331. The number of carbonyl (C=O) groups excluding carboxylic acids is 2. The molecule has 1 unspecified atom stereocenters. The molecule has 4 rings (SSSR count). The molecule has 1 aliphatic rings. The third-order valence-electron chi connectivity index (χ3n) is 4.47. The summed E-state index contributed by atoms with van der Waals surface area (Å²) in [5, 5.41) is 7.79. The number of hydrogen-bond donors (Lipinski definition) is 4. The molecule has 0 spiro atoms. The molecular formula is C20H15F2N5O3. The summed E-state index contributed by atoms with van der Waals surface area (Å²) in [7, 11) is 0. The number of nitrogens with one attached hydrogen (secondary N) is 4. The summed E-state index contributed by atoms with van der Waals surface area (Å²) < 4.78 is 26.4. The average Bonchev–Trinajstić information content (AvgIpc) is 2.69. The Morgan fingerprint density at radius 3 is 2.53 bits per heavy atom. The number of amides is 2. The van der Waals surface area contributed by atoms with E-state index in [4.69, 9.17) is 0 Å². The zero-order valence-corrected chi connectivity index (χ0v) is 15.3. The Balaban J connectivity index is 1.63. The van der Waals surface area contributed by atoms with Crippen molar-refractivity contribution in [2.45, 2.75) is 12.3 Å². The van der Waals surface area contributed by atoms with Gasteiger partial charge in [0.1, 0.15) is 17.5 Å². The van der Waals surface area contributed by atoms with E-state index < -0.39 is 34.9 Å². The lowest BCUT2D eigenvalue weighted by Gasteiger charge is -2.23. The van der Waals surface area contributed by atoms with Crippen molar-refractivity contribution in [1.29, 1.82) is 0 Å². The van der Waals surface area contributed by atoms with Gasteiger partial charge in [0.05, 0.1) is 11.5 Å². The third kappa shape index (κ3) is 4.02. The second-order valence-corrected chi connectivity index (χ2v) is 6.61. The number of hydrogen-bond acceptors (Lipinski definition) is 5. The number of aromatic nitrogens is 2. The number of rotatable bonds is 4. The van der Waals surface area contributed by atoms with Crippen LogP contribution in [-0.2, 0) is 9.59 Å². The van der Waals surface area contributed by atoms with E-state index in [0.717, 1.165) is 6.07 Å². The number of halogens is 2. The van der Waals surface area contributed by atoms with Crippen LogP contribution in [0.4, 0.5) is 31.9 Å². The zero-order valence-electron chi connectivity index (χ0n) is 15.3. The van der Waals surface area contributed by atoms with Gasteiger partial charge in [-0.15, -0.1) is 0 Å². The SMILES string of the molecule is O=C1CC(C(=O)Nc2cccc(F)c2)c2c(nc(Nc3ccc(F)cc3)[nH]c2=O)N1. The molecule has 2 heterocycles. The second kappa shape index (κ2) is 7.74. The molecule has 1 aromatic heterocycles. The van der Waals surface area contributed by atoms with Crippen molar-refractivity contribution < 1.29 is 18.4 Å². The highest BCUT2D eigenvalue weighted by Crippen LogP contribution is 2.30. The summed E-state index contributed by atoms with van der Waals surface area (Å²) in [4.78, 5) is 44.1. The van der Waals surface area contributed by atoms with Crippen molar-refractivity contribution >= 4 is 35.0 Å². The monoisotopic (exact) mass is 411 g/mol. The van der Waals surface area contributed by atoms with Crippen LogP contribution in [0.3, 0.4) is 0 Å². The molecule has 0 bridgehead atoms. The molecule has 3 aromatic rings. The van der Waals surface area contributed by atoms with Crippen LogP contribution >= 0.6 is 0 Å². The Morgan fingerprint density at radius 1 is 1.03 bits per heavy atom. The molecule has 0 aliphatic carbocycles. The van der Waals surface area contributed by atoms with Crippen LogP contribution in [-0.4, -0.2) is 21.8 Å². The molecule has 0 saturated carbocycles. The van der Waals surface area contributed by atoms with Gasteiger partial charge >= 0.3 is 0 Å². The number of benzene rings is 2. The predicted molar refractivity (Wildman–Crippen MR) is 106 cm³/mol. The maximum Gasteiger partial charge on any atom is 0.258 e. The molecule has 4 N–H and O–H groups in total. The molecule has 0 fully saturated rings. The van der Waals surface area contributed by atoms with Crippen molar-refractivity contribution in [3.05, 3.63) is 76.1 Å². The Morgan fingerprint density at radius 2 is 1.80 bits per heavy atom. The van der Waals surface area contributed by atoms with Crippen LogP contribution in [0.5, 0.6) is 0 Å². The van der Waals surface area contributed by atoms with Gasteiger partial charge in [-0.05, 0) is 42.5 Å². The van der Waals surface area contributed by atoms with Gasteiger partial charge in [0.25, 0.3) is 5.56 Å². The first kappa shape index (κ1) is 19.2. The first-order valence-electron chi connectivity index (χ1n) is 8.92. The Hall–Kier alpha value is -4.08. The topological polar surface area (TPSA) is 116 Å². The number of fused-ring (bicyclic) bond motifs is 1. The van der Waals surface area contributed by atoms with E-state index in [1.165, 1.54) is 42.5 Å². The summed E-state index contributed by atoms with van der Waals surface area (Å²) in [6.45, 7) is 0. The van der Waals surface area contributed by atoms with Crippen molar-refractivity contribution in [1.82, 2.24) is 9.97 Å². The first-order valence-corrected chi connectivity index (χ1v) is 8.92. The minimum atomic E-state index is -1.10. The third-order valence-corrected chi connectivity index (χ3v) is 4.47. The molecule has 0 saturated heterocycles. The van der Waals surface area contributed by atoms with Crippen molar-refractivity contribution in [3.8, 4) is 0 Å². The van der Waals surface area contributed by atoms with E-state index in [-0.39, 0.29) is 29.4 Å². The van der Waals surface area contributed by atoms with Gasteiger partial charge in [-0.2, -0.15) is 4.98 Å². The Labute approximate surface area is 168 Å². The molecule has 1 atom stereocenters. The standard InChI is InChI=1S/C20H15F2N5O3/c21-10-4-6-12(7-5-10)24-20-26-17-16(19(30)27-20)14(9-15(28)25-17)18(29)23-13-3-1-2-11(22)8-13/h1-8,14H,9H2,(H,23,29)(H3,24,25,26,27,28,30). The van der Waals surface area contributed by atoms with Crippen LogP contribution in [0.15, 0.2) is 53.3 Å². The van der Waals surface area contributed by atoms with Crippen molar-refractivity contribution in [2.24, 2.45) is 0 Å². The van der Waals surface area contributed by atoms with E-state index in [1.54, 1.807) is 0 Å². The zero-order chi connectivity index (χ0) is 21.3. The molecule has 2 amide bonds. The fourth-order valence-electron chi connectivity index (χ4n) is 3.12. The summed E-state index contributed by atoms with van der Waals surface area (Å²) >= 11 is 0. The summed E-state index contributed by atoms with van der Waals surface area (Å²) in [5.74, 6) is -3.24. The predicted octanol–water partition coefficient (Wildman–Crippen LogP) is 2.86. The lowest BCUT2D eigenvalue weighted by Crippen LogP contribution is -2.36. The normalized spacial score (nSPS) is 15.1. The molecular weight excluding hydrogens is 396 g/mol. The molecule has 152 valence electrons. The second-order valence-electron chi connectivity index (χ2n) is 6.61. The quantitative estimate of drug-likeness (QED) is 0.527. The fraction of sp³-hybridized carbons (Fsp3) is 0.100. The number of carbonyl (C=O) groups is 2. The molecule has 10 heteroatoms. The summed E-state index contributed by atoms with van der Waals surface area (Å²) in [6.07, 6.45) is -0.260. The molecule has 0 radical (unpaired) electrons. The molecule has 8 nitrogen and oxygen atoms in total. The lowest BCUT2D eigenvalue weighted by molar-refractivity contribution is -0.123. The van der Waals surface area contributed by atoms with Crippen molar-refractivity contribution in [2.75, 3.05) is 16.0 Å². The van der Waals surface area contributed by atoms with E-state index >= 15 is 0 Å². The maximum absolute atomic E-state index is 13.4. The van der Waals surface area contributed by atoms with Gasteiger partial charge < -0.3 is 16.0 Å². The highest BCUT2D eigenvalue weighted by molar-refractivity contribution is 6.04. The Bertz CT molecular complexity index is 1190. The lowest BCUT2D eigenvalue weighted by atomic mass is 9.92. The smallest absolute Gasteiger partial charge is 0.258 e. The Kier molecular flexibility index (Phi) is 4.97. The molecule has 1 aliphatic heterocycles. The first-order chi connectivity index (χ1) is 14.4. The molecule has 2 aromatic carbocycles. The minimum Gasteiger partial charge on any atom is -0.326 e. The van der Waals surface area contributed by atoms with Crippen LogP contribution in [0.2, 0.25) is 0 Å². The maximum atomic E-state index is 13.4. The van der Waals surface area contributed by atoms with Gasteiger partial charge in [0, 0.05) is 17.8 Å². The largest absolute Gasteiger partial charge is 0.326 e. The molecule has 30 heavy (non-hydrogen) atoms. The van der Waals surface area contributed by atoms with Crippen molar-refractivity contribution in [3.63, 3.8) is 0 Å². The van der Waals surface area contributed by atoms with Crippen LogP contribution in [0.1, 0.15) is 17.9 Å². The van der Waals surface area contributed by atoms with Gasteiger partial charge in [-0.1, -0.05) is 6.07 Å². The highest BCUT2D eigenvalue weighted by atomic mass is 19.1. The minimum absolute atomic E-state index is 0.00633. The van der Waals surface area contributed by atoms with Gasteiger partial charge in [0.15, 0.2) is 0 Å².